The molecule has 2 amide bonds. The first kappa shape index (κ1) is 21.5. The van der Waals surface area contributed by atoms with Gasteiger partial charge in [-0.25, -0.2) is 9.69 Å². The lowest BCUT2D eigenvalue weighted by Gasteiger charge is -2.38. The number of likely N-dealkylation sites (tertiary alicyclic amines) is 1. The number of piperidine rings is 1. The van der Waals surface area contributed by atoms with Crippen molar-refractivity contribution in [1.82, 2.24) is 0 Å². The number of carbonyl (C=O) groups excluding carboxylic acids is 3. The first-order valence-corrected chi connectivity index (χ1v) is 10.6. The van der Waals surface area contributed by atoms with Gasteiger partial charge in [-0.1, -0.05) is 23.7 Å². The number of amides is 2. The van der Waals surface area contributed by atoms with Crippen LogP contribution in [0, 0.1) is 0 Å². The van der Waals surface area contributed by atoms with Crippen molar-refractivity contribution in [1.29, 1.82) is 0 Å². The standard InChI is InChI=1S/C23H23ClN2O5/c1-31-22(29)15-2-8-18(9-3-15)26-20(27)14-19(21(26)28)25-12-10-23(30,11-13-25)16-4-6-17(24)7-5-16/h2-9,19,30H,10-14H2,1H3/p+1. The smallest absolute Gasteiger partial charge is 0.337 e. The van der Waals surface area contributed by atoms with Crippen LogP contribution in [-0.4, -0.2) is 49.1 Å². The fourth-order valence-corrected chi connectivity index (χ4v) is 4.59. The Morgan fingerprint density at radius 3 is 2.29 bits per heavy atom. The average molecular weight is 444 g/mol. The molecule has 2 aliphatic rings. The fourth-order valence-electron chi connectivity index (χ4n) is 4.47. The molecule has 31 heavy (non-hydrogen) atoms. The fraction of sp³-hybridized carbons (Fsp3) is 0.348. The van der Waals surface area contributed by atoms with E-state index in [9.17, 15) is 19.5 Å². The Labute approximate surface area is 185 Å². The normalized spacial score (nSPS) is 26.2. The van der Waals surface area contributed by atoms with Crippen LogP contribution in [0.1, 0.15) is 35.2 Å². The molecule has 2 aromatic rings. The second-order valence-corrected chi connectivity index (χ2v) is 8.50. The summed E-state index contributed by atoms with van der Waals surface area (Å²) in [5.74, 6) is -0.982. The van der Waals surface area contributed by atoms with Gasteiger partial charge in [0.05, 0.1) is 37.9 Å². The van der Waals surface area contributed by atoms with Crippen LogP contribution in [0.25, 0.3) is 0 Å². The number of hydrogen-bond acceptors (Lipinski definition) is 5. The third kappa shape index (κ3) is 4.08. The number of nitrogens with one attached hydrogen (secondary N) is 1. The van der Waals surface area contributed by atoms with Crippen molar-refractivity contribution in [2.75, 3.05) is 25.1 Å². The molecule has 7 nitrogen and oxygen atoms in total. The number of hydrogen-bond donors (Lipinski definition) is 2. The van der Waals surface area contributed by atoms with Crippen LogP contribution in [0.5, 0.6) is 0 Å². The van der Waals surface area contributed by atoms with Crippen molar-refractivity contribution in [3.05, 3.63) is 64.7 Å². The lowest BCUT2D eigenvalue weighted by molar-refractivity contribution is -0.922. The summed E-state index contributed by atoms with van der Waals surface area (Å²) in [6, 6.07) is 12.9. The predicted molar refractivity (Wildman–Crippen MR) is 114 cm³/mol. The number of aliphatic hydroxyl groups is 1. The zero-order chi connectivity index (χ0) is 22.2. The Hall–Kier alpha value is -2.74. The number of carbonyl (C=O) groups is 3. The summed E-state index contributed by atoms with van der Waals surface area (Å²) in [6.45, 7) is 1.16. The Bertz CT molecular complexity index is 998. The Morgan fingerprint density at radius 1 is 1.10 bits per heavy atom. The zero-order valence-corrected chi connectivity index (χ0v) is 17.9. The van der Waals surface area contributed by atoms with Gasteiger partial charge in [-0.15, -0.1) is 0 Å². The van der Waals surface area contributed by atoms with Crippen molar-refractivity contribution in [2.45, 2.75) is 30.9 Å². The van der Waals surface area contributed by atoms with Crippen LogP contribution in [-0.2, 0) is 19.9 Å². The SMILES string of the molecule is COC(=O)c1ccc(N2C(=O)CC([NH+]3CCC(O)(c4ccc(Cl)cc4)CC3)C2=O)cc1. The Kier molecular flexibility index (Phi) is 5.83. The molecule has 2 heterocycles. The van der Waals surface area contributed by atoms with Gasteiger partial charge in [-0.3, -0.25) is 9.59 Å². The van der Waals surface area contributed by atoms with E-state index in [1.54, 1.807) is 24.3 Å². The van der Waals surface area contributed by atoms with Gasteiger partial charge in [0.25, 0.3) is 5.91 Å². The van der Waals surface area contributed by atoms with Gasteiger partial charge in [-0.05, 0) is 42.0 Å². The van der Waals surface area contributed by atoms with Gasteiger partial charge >= 0.3 is 5.97 Å². The van der Waals surface area contributed by atoms with Crippen molar-refractivity contribution < 1.29 is 29.1 Å². The number of quaternary nitrogens is 1. The maximum atomic E-state index is 13.1. The van der Waals surface area contributed by atoms with Gasteiger partial charge in [0.1, 0.15) is 5.60 Å². The molecule has 2 aliphatic heterocycles. The lowest BCUT2D eigenvalue weighted by atomic mass is 9.84. The van der Waals surface area contributed by atoms with Gasteiger partial charge in [0, 0.05) is 17.9 Å². The molecule has 2 saturated heterocycles. The minimum absolute atomic E-state index is 0.131. The zero-order valence-electron chi connectivity index (χ0n) is 17.1. The summed E-state index contributed by atoms with van der Waals surface area (Å²) in [4.78, 5) is 39.5. The third-order valence-corrected chi connectivity index (χ3v) is 6.54. The van der Waals surface area contributed by atoms with E-state index < -0.39 is 17.6 Å². The maximum Gasteiger partial charge on any atom is 0.337 e. The Morgan fingerprint density at radius 2 is 1.71 bits per heavy atom. The van der Waals surface area contributed by atoms with E-state index in [0.717, 1.165) is 10.5 Å². The molecule has 162 valence electrons. The summed E-state index contributed by atoms with van der Waals surface area (Å²) >= 11 is 5.95. The monoisotopic (exact) mass is 443 g/mol. The topological polar surface area (TPSA) is 88.3 Å². The van der Waals surface area contributed by atoms with Crippen LogP contribution in [0.2, 0.25) is 5.02 Å². The molecule has 0 aromatic heterocycles. The van der Waals surface area contributed by atoms with Crippen molar-refractivity contribution in [2.24, 2.45) is 0 Å². The van der Waals surface area contributed by atoms with Crippen LogP contribution < -0.4 is 9.80 Å². The van der Waals surface area contributed by atoms with Crippen molar-refractivity contribution >= 4 is 35.1 Å². The van der Waals surface area contributed by atoms with Gasteiger partial charge < -0.3 is 14.7 Å². The Balaban J connectivity index is 1.45. The number of ether oxygens (including phenoxy) is 1. The molecule has 4 rings (SSSR count). The molecule has 0 bridgehead atoms. The number of imide groups is 1. The number of nitrogens with zero attached hydrogens (tertiary/aromatic N) is 1. The molecule has 2 N–H and O–H groups in total. The van der Waals surface area contributed by atoms with E-state index in [4.69, 9.17) is 11.6 Å². The second-order valence-electron chi connectivity index (χ2n) is 8.06. The molecule has 0 saturated carbocycles. The van der Waals surface area contributed by atoms with Crippen LogP contribution in [0.15, 0.2) is 48.5 Å². The van der Waals surface area contributed by atoms with Crippen molar-refractivity contribution in [3.63, 3.8) is 0 Å². The third-order valence-electron chi connectivity index (χ3n) is 6.29. The number of benzene rings is 2. The van der Waals surface area contributed by atoms with E-state index in [2.05, 4.69) is 4.74 Å². The van der Waals surface area contributed by atoms with Gasteiger partial charge in [0.15, 0.2) is 6.04 Å². The molecule has 0 radical (unpaired) electrons. The minimum atomic E-state index is -0.955. The summed E-state index contributed by atoms with van der Waals surface area (Å²) in [5.41, 5.74) is 0.657. The largest absolute Gasteiger partial charge is 0.465 e. The molecule has 1 unspecified atom stereocenters. The molecule has 2 aromatic carbocycles. The summed E-state index contributed by atoms with van der Waals surface area (Å²) in [7, 11) is 1.30. The second kappa shape index (κ2) is 8.42. The predicted octanol–water partition coefficient (Wildman–Crippen LogP) is 1.33. The van der Waals surface area contributed by atoms with Crippen molar-refractivity contribution in [3.8, 4) is 0 Å². The number of halogens is 1. The number of methoxy groups -OCH3 is 1. The molecule has 1 atom stereocenters. The highest BCUT2D eigenvalue weighted by atomic mass is 35.5. The van der Waals surface area contributed by atoms with Crippen LogP contribution in [0.3, 0.4) is 0 Å². The van der Waals surface area contributed by atoms with Gasteiger partial charge in [0.2, 0.25) is 5.91 Å². The molecular formula is C23H24ClN2O5+. The summed E-state index contributed by atoms with van der Waals surface area (Å²) in [5, 5.41) is 11.7. The quantitative estimate of drug-likeness (QED) is 0.549. The number of esters is 1. The summed E-state index contributed by atoms with van der Waals surface area (Å²) < 4.78 is 4.68. The van der Waals surface area contributed by atoms with E-state index in [0.29, 0.717) is 42.2 Å². The van der Waals surface area contributed by atoms with Gasteiger partial charge in [-0.2, -0.15) is 0 Å². The first-order valence-electron chi connectivity index (χ1n) is 10.2. The van der Waals surface area contributed by atoms with E-state index in [1.165, 1.54) is 24.1 Å². The molecule has 0 aliphatic carbocycles. The highest BCUT2D eigenvalue weighted by molar-refractivity contribution is 6.30. The van der Waals surface area contributed by atoms with E-state index in [-0.39, 0.29) is 18.2 Å². The van der Waals surface area contributed by atoms with E-state index >= 15 is 0 Å². The maximum absolute atomic E-state index is 13.1. The molecular weight excluding hydrogens is 420 g/mol. The molecule has 8 heteroatoms. The highest BCUT2D eigenvalue weighted by Crippen LogP contribution is 2.31. The summed E-state index contributed by atoms with van der Waals surface area (Å²) in [6.07, 6.45) is 1.12. The lowest BCUT2D eigenvalue weighted by Crippen LogP contribution is -3.18. The first-order chi connectivity index (χ1) is 14.8. The van der Waals surface area contributed by atoms with Crippen LogP contribution >= 0.6 is 11.6 Å². The minimum Gasteiger partial charge on any atom is -0.465 e. The number of rotatable bonds is 4. The number of anilines is 1. The highest BCUT2D eigenvalue weighted by Gasteiger charge is 2.48. The van der Waals surface area contributed by atoms with E-state index in [1.807, 2.05) is 12.1 Å². The molecule has 2 fully saturated rings. The average Bonchev–Trinajstić information content (AvgIpc) is 3.08. The molecule has 0 spiro atoms. The van der Waals surface area contributed by atoms with Crippen LogP contribution in [0.4, 0.5) is 5.69 Å².